The van der Waals surface area contributed by atoms with Gasteiger partial charge < -0.3 is 23.7 Å². The lowest BCUT2D eigenvalue weighted by molar-refractivity contribution is 0.0601. The Morgan fingerprint density at radius 3 is 2.44 bits per heavy atom. The quantitative estimate of drug-likeness (QED) is 0.260. The maximum Gasteiger partial charge on any atom is 0.340 e. The highest BCUT2D eigenvalue weighted by Gasteiger charge is 2.20. The molecule has 0 saturated heterocycles. The number of carbonyl (C=O) groups is 1. The molecule has 4 rings (SSSR count). The SMILES string of the molecule is COC(=O)c1cccc(O)c1/N=C/c1cc(OC)c(-c2nc3cc(C(C)(C)C)ccc3o2)cc1OC. The van der Waals surface area contributed by atoms with Crippen molar-refractivity contribution < 1.29 is 28.5 Å². The van der Waals surface area contributed by atoms with E-state index in [1.165, 1.54) is 32.6 Å². The molecule has 0 amide bonds. The molecule has 0 saturated carbocycles. The first kappa shape index (κ1) is 24.8. The van der Waals surface area contributed by atoms with Gasteiger partial charge in [-0.3, -0.25) is 4.99 Å². The van der Waals surface area contributed by atoms with Gasteiger partial charge in [-0.2, -0.15) is 0 Å². The second-order valence-corrected chi connectivity index (χ2v) is 9.17. The van der Waals surface area contributed by atoms with Gasteiger partial charge >= 0.3 is 5.97 Å². The molecule has 1 N–H and O–H groups in total. The number of carbonyl (C=O) groups excluding carboxylic acids is 1. The van der Waals surface area contributed by atoms with Crippen LogP contribution in [0.5, 0.6) is 17.2 Å². The van der Waals surface area contributed by atoms with Crippen LogP contribution in [0.2, 0.25) is 0 Å². The van der Waals surface area contributed by atoms with E-state index in [9.17, 15) is 9.90 Å². The highest BCUT2D eigenvalue weighted by Crippen LogP contribution is 2.38. The number of oxazole rings is 1. The molecule has 1 aromatic heterocycles. The summed E-state index contributed by atoms with van der Waals surface area (Å²) in [5, 5.41) is 10.3. The van der Waals surface area contributed by atoms with Gasteiger partial charge in [0.15, 0.2) is 5.58 Å². The molecule has 8 nitrogen and oxygen atoms in total. The topological polar surface area (TPSA) is 103 Å². The molecular formula is C28H28N2O6. The number of esters is 1. The van der Waals surface area contributed by atoms with Gasteiger partial charge in [-0.25, -0.2) is 9.78 Å². The van der Waals surface area contributed by atoms with Crippen molar-refractivity contribution in [1.29, 1.82) is 0 Å². The third-order valence-electron chi connectivity index (χ3n) is 5.79. The van der Waals surface area contributed by atoms with E-state index in [0.29, 0.717) is 34.1 Å². The standard InChI is InChI=1S/C28H28N2O6/c1-28(2,3)17-10-11-22-20(13-17)30-26(36-22)19-14-23(33-4)16(12-24(19)34-5)15-29-25-18(27(32)35-6)8-7-9-21(25)31/h7-15,31H,1-6H3/b29-15+. The number of benzene rings is 3. The molecular weight excluding hydrogens is 460 g/mol. The minimum atomic E-state index is -0.608. The van der Waals surface area contributed by atoms with E-state index < -0.39 is 5.97 Å². The Balaban J connectivity index is 1.78. The van der Waals surface area contributed by atoms with Crippen molar-refractivity contribution in [2.24, 2.45) is 4.99 Å². The van der Waals surface area contributed by atoms with E-state index in [-0.39, 0.29) is 22.4 Å². The fraction of sp³-hybridized carbons (Fsp3) is 0.250. The Labute approximate surface area is 209 Å². The van der Waals surface area contributed by atoms with Crippen LogP contribution in [0.3, 0.4) is 0 Å². The molecule has 0 atom stereocenters. The van der Waals surface area contributed by atoms with Gasteiger partial charge in [-0.1, -0.05) is 32.9 Å². The van der Waals surface area contributed by atoms with Crippen LogP contribution < -0.4 is 9.47 Å². The van der Waals surface area contributed by atoms with E-state index in [1.807, 2.05) is 18.2 Å². The summed E-state index contributed by atoms with van der Waals surface area (Å²) in [4.78, 5) is 21.1. The Hall–Kier alpha value is -4.33. The minimum Gasteiger partial charge on any atom is -0.506 e. The number of aromatic nitrogens is 1. The lowest BCUT2D eigenvalue weighted by Gasteiger charge is -2.18. The average Bonchev–Trinajstić information content (AvgIpc) is 3.29. The van der Waals surface area contributed by atoms with Crippen molar-refractivity contribution in [2.75, 3.05) is 21.3 Å². The summed E-state index contributed by atoms with van der Waals surface area (Å²) in [6.07, 6.45) is 1.48. The van der Waals surface area contributed by atoms with E-state index >= 15 is 0 Å². The number of phenols is 1. The maximum absolute atomic E-state index is 12.1. The fourth-order valence-electron chi connectivity index (χ4n) is 3.77. The molecule has 0 spiro atoms. The number of hydrogen-bond acceptors (Lipinski definition) is 8. The van der Waals surface area contributed by atoms with E-state index in [2.05, 4.69) is 25.8 Å². The van der Waals surface area contributed by atoms with Gasteiger partial charge in [-0.05, 0) is 47.4 Å². The molecule has 186 valence electrons. The van der Waals surface area contributed by atoms with Crippen molar-refractivity contribution in [3.63, 3.8) is 0 Å². The van der Waals surface area contributed by atoms with Gasteiger partial charge in [0.2, 0.25) is 5.89 Å². The fourth-order valence-corrected chi connectivity index (χ4v) is 3.77. The smallest absolute Gasteiger partial charge is 0.340 e. The summed E-state index contributed by atoms with van der Waals surface area (Å²) in [6, 6.07) is 14.0. The monoisotopic (exact) mass is 488 g/mol. The predicted molar refractivity (Wildman–Crippen MR) is 138 cm³/mol. The highest BCUT2D eigenvalue weighted by atomic mass is 16.5. The molecule has 0 aliphatic rings. The van der Waals surface area contributed by atoms with Crippen LogP contribution in [-0.4, -0.2) is 43.6 Å². The van der Waals surface area contributed by atoms with Crippen LogP contribution in [0.4, 0.5) is 5.69 Å². The zero-order valence-corrected chi connectivity index (χ0v) is 21.1. The van der Waals surface area contributed by atoms with Crippen LogP contribution >= 0.6 is 0 Å². The molecule has 3 aromatic carbocycles. The van der Waals surface area contributed by atoms with Crippen LogP contribution in [0, 0.1) is 0 Å². The van der Waals surface area contributed by atoms with Crippen LogP contribution in [0.15, 0.2) is 57.9 Å². The van der Waals surface area contributed by atoms with Gasteiger partial charge in [-0.15, -0.1) is 0 Å². The number of aliphatic imine (C=N–C) groups is 1. The summed E-state index contributed by atoms with van der Waals surface area (Å²) < 4.78 is 22.1. The van der Waals surface area contributed by atoms with Crippen molar-refractivity contribution in [3.05, 3.63) is 65.2 Å². The first-order valence-electron chi connectivity index (χ1n) is 11.3. The summed E-state index contributed by atoms with van der Waals surface area (Å²) in [6.45, 7) is 6.44. The van der Waals surface area contributed by atoms with Crippen molar-refractivity contribution in [3.8, 4) is 28.7 Å². The Bertz CT molecular complexity index is 1460. The number of aromatic hydroxyl groups is 1. The second kappa shape index (κ2) is 9.73. The molecule has 8 heteroatoms. The number of methoxy groups -OCH3 is 3. The zero-order valence-electron chi connectivity index (χ0n) is 21.1. The number of nitrogens with zero attached hydrogens (tertiary/aromatic N) is 2. The van der Waals surface area contributed by atoms with Crippen LogP contribution in [0.25, 0.3) is 22.6 Å². The van der Waals surface area contributed by atoms with E-state index in [0.717, 1.165) is 11.1 Å². The summed E-state index contributed by atoms with van der Waals surface area (Å²) in [5.74, 6) is 0.595. The number of fused-ring (bicyclic) bond motifs is 1. The molecule has 0 fully saturated rings. The third-order valence-corrected chi connectivity index (χ3v) is 5.79. The van der Waals surface area contributed by atoms with Crippen molar-refractivity contribution in [1.82, 2.24) is 4.98 Å². The molecule has 0 bridgehead atoms. The molecule has 0 unspecified atom stereocenters. The number of para-hydroxylation sites is 1. The van der Waals surface area contributed by atoms with Crippen molar-refractivity contribution >= 4 is 29.0 Å². The largest absolute Gasteiger partial charge is 0.506 e. The zero-order chi connectivity index (χ0) is 26.0. The lowest BCUT2D eigenvalue weighted by atomic mass is 9.87. The summed E-state index contributed by atoms with van der Waals surface area (Å²) in [7, 11) is 4.35. The lowest BCUT2D eigenvalue weighted by Crippen LogP contribution is -2.10. The molecule has 0 aliphatic carbocycles. The van der Waals surface area contributed by atoms with Gasteiger partial charge in [0.05, 0.1) is 32.5 Å². The number of hydrogen-bond donors (Lipinski definition) is 1. The summed E-state index contributed by atoms with van der Waals surface area (Å²) in [5.41, 5.74) is 3.94. The van der Waals surface area contributed by atoms with Gasteiger partial charge in [0, 0.05) is 11.8 Å². The Morgan fingerprint density at radius 2 is 1.78 bits per heavy atom. The predicted octanol–water partition coefficient (Wildman–Crippen LogP) is 6.05. The van der Waals surface area contributed by atoms with Crippen molar-refractivity contribution in [2.45, 2.75) is 26.2 Å². The molecule has 4 aromatic rings. The third kappa shape index (κ3) is 4.75. The van der Waals surface area contributed by atoms with Crippen LogP contribution in [0.1, 0.15) is 42.3 Å². The molecule has 0 radical (unpaired) electrons. The second-order valence-electron chi connectivity index (χ2n) is 9.17. The van der Waals surface area contributed by atoms with Gasteiger partial charge in [0.25, 0.3) is 0 Å². The van der Waals surface area contributed by atoms with E-state index in [4.69, 9.17) is 23.6 Å². The average molecular weight is 489 g/mol. The van der Waals surface area contributed by atoms with Gasteiger partial charge in [0.1, 0.15) is 28.5 Å². The maximum atomic E-state index is 12.1. The van der Waals surface area contributed by atoms with E-state index in [1.54, 1.807) is 25.3 Å². The molecule has 1 heterocycles. The molecule has 0 aliphatic heterocycles. The minimum absolute atomic E-state index is 0.0177. The number of ether oxygens (including phenoxy) is 3. The first-order valence-corrected chi connectivity index (χ1v) is 11.3. The molecule has 36 heavy (non-hydrogen) atoms. The number of phenolic OH excluding ortho intramolecular Hbond substituents is 1. The Morgan fingerprint density at radius 1 is 1.03 bits per heavy atom. The first-order chi connectivity index (χ1) is 17.2. The number of rotatable bonds is 6. The highest BCUT2D eigenvalue weighted by molar-refractivity contribution is 5.98. The normalized spacial score (nSPS) is 11.7. The Kier molecular flexibility index (Phi) is 6.70. The summed E-state index contributed by atoms with van der Waals surface area (Å²) >= 11 is 0. The van der Waals surface area contributed by atoms with Crippen LogP contribution in [-0.2, 0) is 10.2 Å².